The summed E-state index contributed by atoms with van der Waals surface area (Å²) in [4.78, 5) is 26.6. The number of hydrogen-bond acceptors (Lipinski definition) is 3. The Hall–Kier alpha value is -4.38. The average Bonchev–Trinajstić information content (AvgIpc) is 3.65. The molecule has 7 rings (SSSR count). The minimum Gasteiger partial charge on any atom is -0.378 e. The van der Waals surface area contributed by atoms with E-state index in [0.717, 1.165) is 18.0 Å². The van der Waals surface area contributed by atoms with E-state index < -0.39 is 0 Å². The molecule has 3 aliphatic rings. The van der Waals surface area contributed by atoms with Gasteiger partial charge in [0.2, 0.25) is 0 Å². The number of nitrogens with one attached hydrogen (secondary N) is 3. The summed E-state index contributed by atoms with van der Waals surface area (Å²) in [6.45, 7) is 0.525. The largest absolute Gasteiger partial charge is 0.378 e. The number of para-hydroxylation sites is 1. The fraction of sp³-hybridized carbons (Fsp3) is 0.278. The van der Waals surface area contributed by atoms with Crippen LogP contribution in [0.3, 0.4) is 0 Å². The second-order valence-electron chi connectivity index (χ2n) is 11.8. The van der Waals surface area contributed by atoms with E-state index in [9.17, 15) is 9.59 Å². The standard InChI is InChI=1S/C36H35N3O2/c40-35(39-30-14-8-7-13-28(30)36(41)37-20-19-23-9-3-1-4-10-23)27-17-18-31-29(22-27)32-25-15-16-26(21-25)33(32)34(38-31)24-11-5-2-6-12-24/h1-14,17-18,22,25-26,32-34,38H,15-16,19-21H2,(H,37,41)(H,39,40)/t25-,26-,32-,33+,34+/m0/s1. The summed E-state index contributed by atoms with van der Waals surface area (Å²) in [7, 11) is 0. The normalized spacial score (nSPS) is 23.7. The van der Waals surface area contributed by atoms with Crippen LogP contribution >= 0.6 is 0 Å². The average molecular weight is 542 g/mol. The van der Waals surface area contributed by atoms with Gasteiger partial charge in [0.15, 0.2) is 0 Å². The SMILES string of the molecule is O=C(Nc1ccccc1C(=O)NCCc1ccccc1)c1ccc2c(c1)[C@@H]1[C@H]3CC[C@@H](C3)[C@H]1[C@@H](c1ccccc1)N2. The van der Waals surface area contributed by atoms with Crippen LogP contribution in [0.1, 0.15) is 68.6 Å². The van der Waals surface area contributed by atoms with E-state index >= 15 is 0 Å². The number of rotatable bonds is 7. The number of carbonyl (C=O) groups is 2. The third-order valence-corrected chi connectivity index (χ3v) is 9.47. The number of benzene rings is 4. The van der Waals surface area contributed by atoms with Crippen molar-refractivity contribution in [1.82, 2.24) is 5.32 Å². The number of carbonyl (C=O) groups excluding carboxylic acids is 2. The summed E-state index contributed by atoms with van der Waals surface area (Å²) in [5.74, 6) is 2.02. The topological polar surface area (TPSA) is 70.2 Å². The van der Waals surface area contributed by atoms with Gasteiger partial charge in [0.05, 0.1) is 17.3 Å². The molecule has 5 atom stereocenters. The highest BCUT2D eigenvalue weighted by Gasteiger charge is 2.53. The number of fused-ring (bicyclic) bond motifs is 7. The first-order valence-electron chi connectivity index (χ1n) is 14.8. The Morgan fingerprint density at radius 1 is 0.780 bits per heavy atom. The smallest absolute Gasteiger partial charge is 0.255 e. The first-order valence-corrected chi connectivity index (χ1v) is 14.8. The predicted octanol–water partition coefficient (Wildman–Crippen LogP) is 7.21. The second kappa shape index (κ2) is 10.9. The van der Waals surface area contributed by atoms with E-state index in [1.54, 1.807) is 12.1 Å². The molecule has 1 heterocycles. The molecule has 206 valence electrons. The van der Waals surface area contributed by atoms with Crippen LogP contribution < -0.4 is 16.0 Å². The maximum Gasteiger partial charge on any atom is 0.255 e. The zero-order chi connectivity index (χ0) is 27.8. The molecule has 5 nitrogen and oxygen atoms in total. The van der Waals surface area contributed by atoms with Crippen LogP contribution in [0.25, 0.3) is 0 Å². The predicted molar refractivity (Wildman–Crippen MR) is 163 cm³/mol. The lowest BCUT2D eigenvalue weighted by Crippen LogP contribution is -2.35. The maximum absolute atomic E-state index is 13.5. The molecule has 2 amide bonds. The van der Waals surface area contributed by atoms with Crippen molar-refractivity contribution in [2.75, 3.05) is 17.2 Å². The van der Waals surface area contributed by atoms with Crippen molar-refractivity contribution in [3.05, 3.63) is 131 Å². The van der Waals surface area contributed by atoms with Gasteiger partial charge >= 0.3 is 0 Å². The third kappa shape index (κ3) is 4.90. The molecular formula is C36H35N3O2. The van der Waals surface area contributed by atoms with Crippen LogP contribution in [0, 0.1) is 17.8 Å². The van der Waals surface area contributed by atoms with E-state index in [1.165, 1.54) is 36.0 Å². The van der Waals surface area contributed by atoms with Gasteiger partial charge in [-0.15, -0.1) is 0 Å². The molecule has 0 spiro atoms. The fourth-order valence-corrected chi connectivity index (χ4v) is 7.66. The first kappa shape index (κ1) is 25.6. The quantitative estimate of drug-likeness (QED) is 0.232. The van der Waals surface area contributed by atoms with Crippen molar-refractivity contribution in [3.63, 3.8) is 0 Å². The Balaban J connectivity index is 1.10. The summed E-state index contributed by atoms with van der Waals surface area (Å²) < 4.78 is 0. The second-order valence-corrected chi connectivity index (χ2v) is 11.8. The van der Waals surface area contributed by atoms with Crippen LogP contribution in [0.4, 0.5) is 11.4 Å². The van der Waals surface area contributed by atoms with Gasteiger partial charge in [-0.3, -0.25) is 9.59 Å². The molecule has 2 saturated carbocycles. The van der Waals surface area contributed by atoms with Gasteiger partial charge < -0.3 is 16.0 Å². The van der Waals surface area contributed by atoms with E-state index in [2.05, 4.69) is 70.5 Å². The zero-order valence-electron chi connectivity index (χ0n) is 23.1. The van der Waals surface area contributed by atoms with Crippen LogP contribution in [-0.4, -0.2) is 18.4 Å². The lowest BCUT2D eigenvalue weighted by molar-refractivity contribution is 0.0955. The van der Waals surface area contributed by atoms with E-state index in [1.807, 2.05) is 36.4 Å². The molecule has 5 heteroatoms. The van der Waals surface area contributed by atoms with Gasteiger partial charge in [-0.2, -0.15) is 0 Å². The van der Waals surface area contributed by atoms with Crippen LogP contribution in [0.5, 0.6) is 0 Å². The molecule has 3 N–H and O–H groups in total. The summed E-state index contributed by atoms with van der Waals surface area (Å²) >= 11 is 0. The Bertz CT molecular complexity index is 1570. The minimum absolute atomic E-state index is 0.191. The highest BCUT2D eigenvalue weighted by molar-refractivity contribution is 6.09. The highest BCUT2D eigenvalue weighted by Crippen LogP contribution is 2.63. The molecule has 4 aromatic rings. The summed E-state index contributed by atoms with van der Waals surface area (Å²) in [5, 5.41) is 9.89. The molecule has 4 aromatic carbocycles. The van der Waals surface area contributed by atoms with Crippen molar-refractivity contribution in [3.8, 4) is 0 Å². The molecule has 0 aromatic heterocycles. The van der Waals surface area contributed by atoms with E-state index in [-0.39, 0.29) is 11.8 Å². The van der Waals surface area contributed by atoms with Gasteiger partial charge in [0, 0.05) is 17.8 Å². The van der Waals surface area contributed by atoms with Gasteiger partial charge in [0.25, 0.3) is 11.8 Å². The highest BCUT2D eigenvalue weighted by atomic mass is 16.2. The molecule has 0 saturated heterocycles. The Morgan fingerprint density at radius 2 is 1.51 bits per heavy atom. The molecular weight excluding hydrogens is 506 g/mol. The maximum atomic E-state index is 13.5. The van der Waals surface area contributed by atoms with Crippen molar-refractivity contribution in [1.29, 1.82) is 0 Å². The van der Waals surface area contributed by atoms with Crippen molar-refractivity contribution < 1.29 is 9.59 Å². The van der Waals surface area contributed by atoms with Crippen LogP contribution in [-0.2, 0) is 6.42 Å². The number of anilines is 2. The van der Waals surface area contributed by atoms with Crippen LogP contribution in [0.2, 0.25) is 0 Å². The molecule has 41 heavy (non-hydrogen) atoms. The lowest BCUT2D eigenvalue weighted by atomic mass is 9.68. The Morgan fingerprint density at radius 3 is 2.34 bits per heavy atom. The number of hydrogen-bond donors (Lipinski definition) is 3. The molecule has 0 radical (unpaired) electrons. The molecule has 2 bridgehead atoms. The Labute approximate surface area is 241 Å². The molecule has 0 unspecified atom stereocenters. The van der Waals surface area contributed by atoms with Gasteiger partial charge in [0.1, 0.15) is 0 Å². The Kier molecular flexibility index (Phi) is 6.79. The van der Waals surface area contributed by atoms with Crippen molar-refractivity contribution >= 4 is 23.2 Å². The van der Waals surface area contributed by atoms with Gasteiger partial charge in [-0.05, 0) is 96.4 Å². The monoisotopic (exact) mass is 541 g/mol. The van der Waals surface area contributed by atoms with Gasteiger partial charge in [-0.1, -0.05) is 72.8 Å². The first-order chi connectivity index (χ1) is 20.2. The zero-order valence-corrected chi connectivity index (χ0v) is 23.1. The number of amides is 2. The molecule has 2 aliphatic carbocycles. The summed E-state index contributed by atoms with van der Waals surface area (Å²) in [6.07, 6.45) is 4.61. The fourth-order valence-electron chi connectivity index (χ4n) is 7.66. The van der Waals surface area contributed by atoms with E-state index in [4.69, 9.17) is 0 Å². The molecule has 1 aliphatic heterocycles. The van der Waals surface area contributed by atoms with Crippen LogP contribution in [0.15, 0.2) is 103 Å². The van der Waals surface area contributed by atoms with E-state index in [0.29, 0.717) is 47.2 Å². The van der Waals surface area contributed by atoms with Crippen molar-refractivity contribution in [2.24, 2.45) is 17.8 Å². The minimum atomic E-state index is -0.192. The third-order valence-electron chi connectivity index (χ3n) is 9.47. The molecule has 2 fully saturated rings. The van der Waals surface area contributed by atoms with Gasteiger partial charge in [-0.25, -0.2) is 0 Å². The summed E-state index contributed by atoms with van der Waals surface area (Å²) in [6, 6.07) is 34.5. The summed E-state index contributed by atoms with van der Waals surface area (Å²) in [5.41, 5.74) is 6.55. The lowest BCUT2D eigenvalue weighted by Gasteiger charge is -2.43. The van der Waals surface area contributed by atoms with Crippen molar-refractivity contribution in [2.45, 2.75) is 37.6 Å².